The summed E-state index contributed by atoms with van der Waals surface area (Å²) in [6, 6.07) is 0. The molecular formula is C11H19N5O2. The average Bonchev–Trinajstić information content (AvgIpc) is 2.75. The number of aromatic nitrogens is 3. The summed E-state index contributed by atoms with van der Waals surface area (Å²) in [5.74, 6) is -0.122. The number of carbonyl (C=O) groups is 2. The van der Waals surface area contributed by atoms with Crippen LogP contribution in [0.3, 0.4) is 0 Å². The molecule has 7 nitrogen and oxygen atoms in total. The van der Waals surface area contributed by atoms with Gasteiger partial charge in [0.25, 0.3) is 5.91 Å². The summed E-state index contributed by atoms with van der Waals surface area (Å²) in [7, 11) is 0. The SMILES string of the molecule is CCCc1nc(C(=O)NCC(C)(C)C(N)=O)n[nH]1. The fourth-order valence-electron chi connectivity index (χ4n) is 1.21. The molecule has 0 bridgehead atoms. The lowest BCUT2D eigenvalue weighted by Gasteiger charge is -2.19. The van der Waals surface area contributed by atoms with Gasteiger partial charge >= 0.3 is 0 Å². The highest BCUT2D eigenvalue weighted by Crippen LogP contribution is 2.11. The van der Waals surface area contributed by atoms with Gasteiger partial charge in [0.1, 0.15) is 5.82 Å². The lowest BCUT2D eigenvalue weighted by atomic mass is 9.93. The highest BCUT2D eigenvalue weighted by Gasteiger charge is 2.26. The van der Waals surface area contributed by atoms with Gasteiger partial charge in [-0.15, -0.1) is 5.10 Å². The highest BCUT2D eigenvalue weighted by atomic mass is 16.2. The molecule has 1 aromatic heterocycles. The number of nitrogens with two attached hydrogens (primary N) is 1. The van der Waals surface area contributed by atoms with Crippen LogP contribution < -0.4 is 11.1 Å². The Morgan fingerprint density at radius 1 is 1.44 bits per heavy atom. The Balaban J connectivity index is 2.57. The Morgan fingerprint density at radius 3 is 2.67 bits per heavy atom. The number of nitrogens with zero attached hydrogens (tertiary/aromatic N) is 2. The molecule has 0 aromatic carbocycles. The largest absolute Gasteiger partial charge is 0.369 e. The fraction of sp³-hybridized carbons (Fsp3) is 0.636. The van der Waals surface area contributed by atoms with Crippen molar-refractivity contribution in [1.29, 1.82) is 0 Å². The lowest BCUT2D eigenvalue weighted by Crippen LogP contribution is -2.42. The molecule has 0 unspecified atom stereocenters. The number of nitrogens with one attached hydrogen (secondary N) is 2. The Labute approximate surface area is 106 Å². The van der Waals surface area contributed by atoms with E-state index in [9.17, 15) is 9.59 Å². The van der Waals surface area contributed by atoms with Crippen molar-refractivity contribution < 1.29 is 9.59 Å². The maximum atomic E-state index is 11.7. The van der Waals surface area contributed by atoms with Crippen molar-refractivity contribution in [2.75, 3.05) is 6.54 Å². The van der Waals surface area contributed by atoms with Gasteiger partial charge in [0.15, 0.2) is 0 Å². The number of aromatic amines is 1. The number of amides is 2. The van der Waals surface area contributed by atoms with E-state index in [0.29, 0.717) is 5.82 Å². The molecule has 18 heavy (non-hydrogen) atoms. The molecule has 1 aromatic rings. The van der Waals surface area contributed by atoms with Gasteiger partial charge in [0.2, 0.25) is 11.7 Å². The molecule has 100 valence electrons. The summed E-state index contributed by atoms with van der Waals surface area (Å²) in [6.45, 7) is 5.49. The Kier molecular flexibility index (Phi) is 4.41. The second kappa shape index (κ2) is 5.61. The number of primary amides is 1. The van der Waals surface area contributed by atoms with E-state index in [4.69, 9.17) is 5.73 Å². The smallest absolute Gasteiger partial charge is 0.290 e. The topological polar surface area (TPSA) is 114 Å². The first-order chi connectivity index (χ1) is 8.36. The Bertz CT molecular complexity index is 438. The average molecular weight is 253 g/mol. The normalized spacial score (nSPS) is 11.3. The second-order valence-corrected chi connectivity index (χ2v) is 4.79. The van der Waals surface area contributed by atoms with E-state index in [-0.39, 0.29) is 12.4 Å². The maximum Gasteiger partial charge on any atom is 0.290 e. The van der Waals surface area contributed by atoms with Crippen LogP contribution in [0.5, 0.6) is 0 Å². The van der Waals surface area contributed by atoms with Gasteiger partial charge in [-0.1, -0.05) is 6.92 Å². The fourth-order valence-corrected chi connectivity index (χ4v) is 1.21. The minimum absolute atomic E-state index is 0.0821. The Hall–Kier alpha value is -1.92. The predicted octanol–water partition coefficient (Wildman–Crippen LogP) is -0.00150. The van der Waals surface area contributed by atoms with Gasteiger partial charge in [-0.25, -0.2) is 4.98 Å². The number of H-pyrrole nitrogens is 1. The monoisotopic (exact) mass is 253 g/mol. The molecule has 0 saturated heterocycles. The summed E-state index contributed by atoms with van der Waals surface area (Å²) in [6.07, 6.45) is 1.66. The molecule has 1 heterocycles. The second-order valence-electron chi connectivity index (χ2n) is 4.79. The third-order valence-electron chi connectivity index (χ3n) is 2.58. The molecule has 0 spiro atoms. The van der Waals surface area contributed by atoms with E-state index in [1.807, 2.05) is 6.92 Å². The molecule has 0 saturated carbocycles. The zero-order valence-electron chi connectivity index (χ0n) is 10.9. The molecule has 1 rings (SSSR count). The third kappa shape index (κ3) is 3.54. The quantitative estimate of drug-likeness (QED) is 0.662. The van der Waals surface area contributed by atoms with Crippen LogP contribution >= 0.6 is 0 Å². The molecular weight excluding hydrogens is 234 g/mol. The number of hydrogen-bond acceptors (Lipinski definition) is 4. The zero-order valence-corrected chi connectivity index (χ0v) is 10.9. The minimum Gasteiger partial charge on any atom is -0.369 e. The minimum atomic E-state index is -0.793. The van der Waals surface area contributed by atoms with E-state index < -0.39 is 17.2 Å². The van der Waals surface area contributed by atoms with Crippen LogP contribution in [0.1, 0.15) is 43.6 Å². The van der Waals surface area contributed by atoms with Crippen molar-refractivity contribution in [3.05, 3.63) is 11.6 Å². The summed E-state index contributed by atoms with van der Waals surface area (Å²) < 4.78 is 0. The standard InChI is InChI=1S/C11H19N5O2/c1-4-5-7-14-8(16-15-7)9(17)13-6-11(2,3)10(12)18/h4-6H2,1-3H3,(H2,12,18)(H,13,17)(H,14,15,16). The van der Waals surface area contributed by atoms with Crippen LogP contribution in [-0.4, -0.2) is 33.5 Å². The van der Waals surface area contributed by atoms with Crippen molar-refractivity contribution in [3.8, 4) is 0 Å². The van der Waals surface area contributed by atoms with Gasteiger partial charge in [0.05, 0.1) is 5.41 Å². The van der Waals surface area contributed by atoms with Crippen LogP contribution in [-0.2, 0) is 11.2 Å². The summed E-state index contributed by atoms with van der Waals surface area (Å²) in [5.41, 5.74) is 4.42. The molecule has 0 aliphatic carbocycles. The van der Waals surface area contributed by atoms with Crippen molar-refractivity contribution in [2.24, 2.45) is 11.1 Å². The molecule has 0 aliphatic rings. The zero-order chi connectivity index (χ0) is 13.8. The van der Waals surface area contributed by atoms with Crippen LogP contribution in [0, 0.1) is 5.41 Å². The summed E-state index contributed by atoms with van der Waals surface area (Å²) >= 11 is 0. The third-order valence-corrected chi connectivity index (χ3v) is 2.58. The summed E-state index contributed by atoms with van der Waals surface area (Å²) in [5, 5.41) is 9.10. The first-order valence-electron chi connectivity index (χ1n) is 5.86. The predicted molar refractivity (Wildman–Crippen MR) is 65.7 cm³/mol. The first-order valence-corrected chi connectivity index (χ1v) is 5.86. The van der Waals surface area contributed by atoms with Gasteiger partial charge in [-0.3, -0.25) is 14.7 Å². The van der Waals surface area contributed by atoms with Crippen LogP contribution in [0.2, 0.25) is 0 Å². The van der Waals surface area contributed by atoms with E-state index in [2.05, 4.69) is 20.5 Å². The highest BCUT2D eigenvalue weighted by molar-refractivity contribution is 5.91. The van der Waals surface area contributed by atoms with Crippen molar-refractivity contribution >= 4 is 11.8 Å². The molecule has 2 amide bonds. The maximum absolute atomic E-state index is 11.7. The van der Waals surface area contributed by atoms with Crippen LogP contribution in [0.4, 0.5) is 0 Å². The Morgan fingerprint density at radius 2 is 2.11 bits per heavy atom. The molecule has 0 atom stereocenters. The van der Waals surface area contributed by atoms with Crippen molar-refractivity contribution in [3.63, 3.8) is 0 Å². The first kappa shape index (κ1) is 14.1. The number of hydrogen-bond donors (Lipinski definition) is 3. The number of carbonyl (C=O) groups excluding carboxylic acids is 2. The number of aryl methyl sites for hydroxylation is 1. The number of rotatable bonds is 6. The van der Waals surface area contributed by atoms with E-state index in [1.54, 1.807) is 13.8 Å². The molecule has 0 aliphatic heterocycles. The molecule has 0 fully saturated rings. The molecule has 4 N–H and O–H groups in total. The summed E-state index contributed by atoms with van der Waals surface area (Å²) in [4.78, 5) is 26.9. The lowest BCUT2D eigenvalue weighted by molar-refractivity contribution is -0.125. The van der Waals surface area contributed by atoms with Crippen molar-refractivity contribution in [1.82, 2.24) is 20.5 Å². The van der Waals surface area contributed by atoms with E-state index >= 15 is 0 Å². The van der Waals surface area contributed by atoms with E-state index in [0.717, 1.165) is 12.8 Å². The van der Waals surface area contributed by atoms with Gasteiger partial charge in [-0.05, 0) is 20.3 Å². The van der Waals surface area contributed by atoms with Gasteiger partial charge in [-0.2, -0.15) is 0 Å². The van der Waals surface area contributed by atoms with Gasteiger partial charge in [0, 0.05) is 13.0 Å². The molecule has 0 radical (unpaired) electrons. The molecule has 7 heteroatoms. The van der Waals surface area contributed by atoms with Gasteiger partial charge < -0.3 is 11.1 Å². The van der Waals surface area contributed by atoms with Crippen LogP contribution in [0.15, 0.2) is 0 Å². The van der Waals surface area contributed by atoms with Crippen LogP contribution in [0.25, 0.3) is 0 Å². The van der Waals surface area contributed by atoms with E-state index in [1.165, 1.54) is 0 Å². The van der Waals surface area contributed by atoms with Crippen molar-refractivity contribution in [2.45, 2.75) is 33.6 Å².